The molecule has 1 nitrogen and oxygen atoms in total. The summed E-state index contributed by atoms with van der Waals surface area (Å²) in [6.45, 7) is 1.88. The Bertz CT molecular complexity index is 225. The highest BCUT2D eigenvalue weighted by Crippen LogP contribution is 2.26. The quantitative estimate of drug-likeness (QED) is 0.599. The molecule has 0 N–H and O–H groups in total. The van der Waals surface area contributed by atoms with E-state index >= 15 is 0 Å². The Hall–Kier alpha value is -0.930. The fourth-order valence-electron chi connectivity index (χ4n) is 0.956. The van der Waals surface area contributed by atoms with Crippen molar-refractivity contribution in [2.75, 3.05) is 0 Å². The van der Waals surface area contributed by atoms with E-state index in [9.17, 15) is 13.2 Å². The number of alkyl halides is 3. The van der Waals surface area contributed by atoms with E-state index in [0.717, 1.165) is 5.57 Å². The average molecular weight is 178 g/mol. The molecular weight excluding hydrogens is 169 g/mol. The highest BCUT2D eigenvalue weighted by atomic mass is 19.4. The Balaban J connectivity index is 2.55. The molecular formula is C8H9F3O. The Morgan fingerprint density at radius 2 is 1.92 bits per heavy atom. The van der Waals surface area contributed by atoms with Crippen molar-refractivity contribution < 1.29 is 17.9 Å². The third kappa shape index (κ3) is 2.98. The maximum Gasteiger partial charge on any atom is 0.572 e. The van der Waals surface area contributed by atoms with Gasteiger partial charge in [-0.3, -0.25) is 0 Å². The molecule has 0 fully saturated rings. The summed E-state index contributed by atoms with van der Waals surface area (Å²) in [5.74, 6) is -0.00639. The summed E-state index contributed by atoms with van der Waals surface area (Å²) < 4.78 is 38.7. The van der Waals surface area contributed by atoms with E-state index in [2.05, 4.69) is 4.74 Å². The molecule has 0 aromatic carbocycles. The van der Waals surface area contributed by atoms with Crippen molar-refractivity contribution in [3.8, 4) is 0 Å². The van der Waals surface area contributed by atoms with Gasteiger partial charge >= 0.3 is 6.36 Å². The summed E-state index contributed by atoms with van der Waals surface area (Å²) in [5.41, 5.74) is 1.07. The van der Waals surface area contributed by atoms with Gasteiger partial charge in [0.2, 0.25) is 0 Å². The van der Waals surface area contributed by atoms with Crippen LogP contribution in [0, 0.1) is 0 Å². The molecule has 0 saturated carbocycles. The molecule has 0 unspecified atom stereocenters. The van der Waals surface area contributed by atoms with E-state index in [1.165, 1.54) is 6.08 Å². The lowest BCUT2D eigenvalue weighted by atomic mass is 10.1. The molecule has 0 bridgehead atoms. The van der Waals surface area contributed by atoms with Gasteiger partial charge in [-0.1, -0.05) is 11.6 Å². The second kappa shape index (κ2) is 3.21. The fourth-order valence-corrected chi connectivity index (χ4v) is 0.956. The zero-order valence-corrected chi connectivity index (χ0v) is 6.61. The van der Waals surface area contributed by atoms with Crippen molar-refractivity contribution in [3.63, 3.8) is 0 Å². The molecule has 4 heteroatoms. The summed E-state index contributed by atoms with van der Waals surface area (Å²) >= 11 is 0. The smallest absolute Gasteiger partial charge is 0.410 e. The molecule has 68 valence electrons. The van der Waals surface area contributed by atoms with E-state index in [1.807, 2.05) is 6.92 Å². The molecule has 0 amide bonds. The minimum absolute atomic E-state index is 0.00639. The van der Waals surface area contributed by atoms with Gasteiger partial charge in [0.05, 0.1) is 0 Å². The summed E-state index contributed by atoms with van der Waals surface area (Å²) in [7, 11) is 0. The van der Waals surface area contributed by atoms with E-state index in [-0.39, 0.29) is 5.76 Å². The van der Waals surface area contributed by atoms with Gasteiger partial charge in [0, 0.05) is 6.42 Å². The zero-order valence-electron chi connectivity index (χ0n) is 6.61. The predicted octanol–water partition coefficient (Wildman–Crippen LogP) is 3.15. The lowest BCUT2D eigenvalue weighted by molar-refractivity contribution is -0.306. The van der Waals surface area contributed by atoms with Gasteiger partial charge in [0.15, 0.2) is 0 Å². The van der Waals surface area contributed by atoms with Gasteiger partial charge in [-0.25, -0.2) is 0 Å². The van der Waals surface area contributed by atoms with Crippen LogP contribution in [0.1, 0.15) is 19.8 Å². The SMILES string of the molecule is CC1=CC=C(OC(F)(F)F)CC1. The molecule has 0 heterocycles. The Morgan fingerprint density at radius 1 is 1.25 bits per heavy atom. The molecule has 12 heavy (non-hydrogen) atoms. The first-order valence-electron chi connectivity index (χ1n) is 3.59. The van der Waals surface area contributed by atoms with Crippen molar-refractivity contribution in [1.82, 2.24) is 0 Å². The first-order chi connectivity index (χ1) is 5.47. The summed E-state index contributed by atoms with van der Waals surface area (Å²) in [6, 6.07) is 0. The fraction of sp³-hybridized carbons (Fsp3) is 0.500. The molecule has 0 atom stereocenters. The van der Waals surface area contributed by atoms with Crippen LogP contribution < -0.4 is 0 Å². The number of hydrogen-bond acceptors (Lipinski definition) is 1. The van der Waals surface area contributed by atoms with Crippen LogP contribution in [0.3, 0.4) is 0 Å². The minimum atomic E-state index is -4.55. The highest BCUT2D eigenvalue weighted by molar-refractivity contribution is 5.19. The van der Waals surface area contributed by atoms with Crippen LogP contribution in [0.5, 0.6) is 0 Å². The number of hydrogen-bond donors (Lipinski definition) is 0. The lowest BCUT2D eigenvalue weighted by Gasteiger charge is -2.14. The number of halogens is 3. The van der Waals surface area contributed by atoms with Gasteiger partial charge in [-0.2, -0.15) is 0 Å². The minimum Gasteiger partial charge on any atom is -0.410 e. The van der Waals surface area contributed by atoms with Gasteiger partial charge in [-0.15, -0.1) is 13.2 Å². The van der Waals surface area contributed by atoms with Crippen LogP contribution >= 0.6 is 0 Å². The van der Waals surface area contributed by atoms with Crippen molar-refractivity contribution in [2.45, 2.75) is 26.1 Å². The van der Waals surface area contributed by atoms with Gasteiger partial charge in [-0.05, 0) is 19.4 Å². The van der Waals surface area contributed by atoms with Crippen molar-refractivity contribution >= 4 is 0 Å². The zero-order chi connectivity index (χ0) is 9.19. The molecule has 0 aliphatic heterocycles. The van der Waals surface area contributed by atoms with Crippen LogP contribution in [-0.4, -0.2) is 6.36 Å². The Labute approximate surface area is 68.5 Å². The molecule has 0 aromatic heterocycles. The largest absolute Gasteiger partial charge is 0.572 e. The summed E-state index contributed by atoms with van der Waals surface area (Å²) in [4.78, 5) is 0. The summed E-state index contributed by atoms with van der Waals surface area (Å²) in [5, 5.41) is 0. The third-order valence-corrected chi connectivity index (χ3v) is 1.57. The molecule has 0 radical (unpaired) electrons. The normalized spacial score (nSPS) is 18.3. The predicted molar refractivity (Wildman–Crippen MR) is 38.2 cm³/mol. The maximum absolute atomic E-state index is 11.7. The maximum atomic E-state index is 11.7. The Kier molecular flexibility index (Phi) is 2.45. The molecule has 1 rings (SSSR count). The van der Waals surface area contributed by atoms with E-state index < -0.39 is 6.36 Å². The second-order valence-corrected chi connectivity index (χ2v) is 2.69. The van der Waals surface area contributed by atoms with Crippen LogP contribution in [0.2, 0.25) is 0 Å². The monoisotopic (exact) mass is 178 g/mol. The van der Waals surface area contributed by atoms with Gasteiger partial charge < -0.3 is 4.74 Å². The van der Waals surface area contributed by atoms with Crippen LogP contribution in [0.4, 0.5) is 13.2 Å². The topological polar surface area (TPSA) is 9.23 Å². The Morgan fingerprint density at radius 3 is 2.33 bits per heavy atom. The standard InChI is InChI=1S/C8H9F3O/c1-6-2-4-7(5-3-6)12-8(9,10)11/h2,4H,3,5H2,1H3. The lowest BCUT2D eigenvalue weighted by Crippen LogP contribution is -2.13. The van der Waals surface area contributed by atoms with Crippen LogP contribution in [0.25, 0.3) is 0 Å². The van der Waals surface area contributed by atoms with E-state index in [4.69, 9.17) is 0 Å². The molecule has 1 aliphatic carbocycles. The molecule has 0 aromatic rings. The molecule has 0 saturated heterocycles. The van der Waals surface area contributed by atoms with Gasteiger partial charge in [0.1, 0.15) is 5.76 Å². The van der Waals surface area contributed by atoms with E-state index in [0.29, 0.717) is 12.8 Å². The highest BCUT2D eigenvalue weighted by Gasteiger charge is 2.32. The molecule has 1 aliphatic rings. The number of allylic oxidation sites excluding steroid dienone is 4. The first-order valence-corrected chi connectivity index (χ1v) is 3.59. The first kappa shape index (κ1) is 9.16. The third-order valence-electron chi connectivity index (χ3n) is 1.57. The average Bonchev–Trinajstić information content (AvgIpc) is 1.91. The van der Waals surface area contributed by atoms with Crippen LogP contribution in [-0.2, 0) is 4.74 Å². The van der Waals surface area contributed by atoms with Crippen molar-refractivity contribution in [2.24, 2.45) is 0 Å². The molecule has 0 spiro atoms. The van der Waals surface area contributed by atoms with Crippen LogP contribution in [0.15, 0.2) is 23.5 Å². The second-order valence-electron chi connectivity index (χ2n) is 2.69. The van der Waals surface area contributed by atoms with Crippen molar-refractivity contribution in [1.29, 1.82) is 0 Å². The van der Waals surface area contributed by atoms with Crippen molar-refractivity contribution in [3.05, 3.63) is 23.5 Å². The summed E-state index contributed by atoms with van der Waals surface area (Å²) in [6.07, 6.45) is -0.564. The van der Waals surface area contributed by atoms with E-state index in [1.54, 1.807) is 6.08 Å². The number of ether oxygens (including phenoxy) is 1. The number of rotatable bonds is 1. The van der Waals surface area contributed by atoms with Gasteiger partial charge in [0.25, 0.3) is 0 Å².